The Labute approximate surface area is 244 Å². The Morgan fingerprint density at radius 2 is 2.05 bits per heavy atom. The number of carbonyl (C=O) groups is 1. The van der Waals surface area contributed by atoms with Crippen LogP contribution < -0.4 is 15.5 Å². The van der Waals surface area contributed by atoms with Gasteiger partial charge in [-0.3, -0.25) is 4.79 Å². The first-order chi connectivity index (χ1) is 19.7. The van der Waals surface area contributed by atoms with Crippen LogP contribution in [0.15, 0.2) is 35.4 Å². The Morgan fingerprint density at radius 1 is 1.22 bits per heavy atom. The van der Waals surface area contributed by atoms with Gasteiger partial charge in [-0.25, -0.2) is 9.97 Å². The number of piperazine rings is 1. The number of carbonyl (C=O) groups excluding carboxylic acids is 1. The Bertz CT molecular complexity index is 1440. The molecule has 1 saturated carbocycles. The van der Waals surface area contributed by atoms with Crippen molar-refractivity contribution in [2.45, 2.75) is 49.3 Å². The van der Waals surface area contributed by atoms with Crippen molar-refractivity contribution in [3.8, 4) is 10.6 Å². The molecule has 2 aliphatic heterocycles. The number of halogens is 3. The molecule has 3 aliphatic rings. The van der Waals surface area contributed by atoms with Gasteiger partial charge in [0.1, 0.15) is 10.4 Å². The predicted octanol–water partition coefficient (Wildman–Crippen LogP) is 5.01. The summed E-state index contributed by atoms with van der Waals surface area (Å²) in [4.78, 5) is 27.2. The van der Waals surface area contributed by atoms with E-state index in [9.17, 15) is 23.1 Å². The summed E-state index contributed by atoms with van der Waals surface area (Å²) in [6, 6.07) is 7.81. The minimum Gasteiger partial charge on any atom is -0.395 e. The highest BCUT2D eigenvalue weighted by molar-refractivity contribution is 7.99. The summed E-state index contributed by atoms with van der Waals surface area (Å²) < 4.78 is 42.3. The van der Waals surface area contributed by atoms with Crippen LogP contribution >= 0.6 is 23.1 Å². The third-order valence-corrected chi connectivity index (χ3v) is 9.89. The van der Waals surface area contributed by atoms with E-state index in [1.165, 1.54) is 11.8 Å². The Morgan fingerprint density at radius 3 is 2.78 bits per heavy atom. The van der Waals surface area contributed by atoms with Crippen molar-refractivity contribution >= 4 is 46.3 Å². The smallest absolute Gasteiger partial charge is 0.395 e. The summed E-state index contributed by atoms with van der Waals surface area (Å²) in [6.07, 6.45) is -1.20. The second-order valence-corrected chi connectivity index (χ2v) is 12.6. The molecule has 41 heavy (non-hydrogen) atoms. The minimum absolute atomic E-state index is 0.00312. The first-order valence-corrected chi connectivity index (χ1v) is 15.6. The number of benzene rings is 1. The van der Waals surface area contributed by atoms with Gasteiger partial charge in [0.25, 0.3) is 5.91 Å². The van der Waals surface area contributed by atoms with E-state index in [1.54, 1.807) is 6.07 Å². The number of fused-ring (bicyclic) bond motifs is 1. The lowest BCUT2D eigenvalue weighted by Crippen LogP contribution is -2.52. The number of aromatic nitrogens is 2. The maximum Gasteiger partial charge on any atom is 0.420 e. The highest BCUT2D eigenvalue weighted by atomic mass is 32.2. The third kappa shape index (κ3) is 5.90. The van der Waals surface area contributed by atoms with E-state index >= 15 is 0 Å². The van der Waals surface area contributed by atoms with Gasteiger partial charge in [0.15, 0.2) is 0 Å². The molecule has 1 saturated heterocycles. The molecule has 0 unspecified atom stereocenters. The van der Waals surface area contributed by atoms with Gasteiger partial charge >= 0.3 is 6.18 Å². The molecule has 218 valence electrons. The summed E-state index contributed by atoms with van der Waals surface area (Å²) in [5, 5.41) is 16.0. The topological polar surface area (TPSA) is 93.6 Å². The molecule has 2 aromatic heterocycles. The molecule has 3 aromatic rings. The number of alkyl halides is 3. The normalized spacial score (nSPS) is 19.7. The lowest BCUT2D eigenvalue weighted by molar-refractivity contribution is -0.137. The zero-order valence-electron chi connectivity index (χ0n) is 22.5. The summed E-state index contributed by atoms with van der Waals surface area (Å²) >= 11 is 2.58. The number of anilines is 3. The van der Waals surface area contributed by atoms with E-state index in [2.05, 4.69) is 31.6 Å². The molecule has 1 aromatic carbocycles. The molecular formula is C28H31F3N6O2S2. The number of amides is 1. The summed E-state index contributed by atoms with van der Waals surface area (Å²) in [6.45, 7) is 4.97. The van der Waals surface area contributed by atoms with Crippen LogP contribution in [0.1, 0.15) is 40.6 Å². The quantitative estimate of drug-likeness (QED) is 0.347. The third-order valence-electron chi connectivity index (χ3n) is 7.62. The Kier molecular flexibility index (Phi) is 7.88. The lowest BCUT2D eigenvalue weighted by Gasteiger charge is -2.34. The fourth-order valence-corrected chi connectivity index (χ4v) is 7.62. The van der Waals surface area contributed by atoms with Crippen LogP contribution in [-0.4, -0.2) is 76.5 Å². The first-order valence-electron chi connectivity index (χ1n) is 13.8. The van der Waals surface area contributed by atoms with Gasteiger partial charge in [-0.05, 0) is 49.1 Å². The predicted molar refractivity (Wildman–Crippen MR) is 155 cm³/mol. The highest BCUT2D eigenvalue weighted by Crippen LogP contribution is 2.44. The van der Waals surface area contributed by atoms with Crippen LogP contribution in [0.2, 0.25) is 0 Å². The average Bonchev–Trinajstić information content (AvgIpc) is 3.75. The fraction of sp³-hybridized carbons (Fsp3) is 0.464. The zero-order chi connectivity index (χ0) is 28.7. The van der Waals surface area contributed by atoms with E-state index in [-0.39, 0.29) is 36.2 Å². The number of aliphatic hydroxyl groups excluding tert-OH is 1. The fourth-order valence-electron chi connectivity index (χ4n) is 5.30. The van der Waals surface area contributed by atoms with Crippen LogP contribution in [0, 0.1) is 0 Å². The summed E-state index contributed by atoms with van der Waals surface area (Å²) in [7, 11) is 0. The zero-order valence-corrected chi connectivity index (χ0v) is 24.1. The number of aryl methyl sites for hydroxylation is 1. The lowest BCUT2D eigenvalue weighted by atomic mass is 10.1. The number of hydrogen-bond acceptors (Lipinski definition) is 9. The van der Waals surface area contributed by atoms with Crippen molar-refractivity contribution in [2.75, 3.05) is 48.8 Å². The van der Waals surface area contributed by atoms with E-state index in [1.807, 2.05) is 24.0 Å². The number of thioether (sulfide) groups is 1. The minimum atomic E-state index is -4.65. The molecular weight excluding hydrogens is 573 g/mol. The van der Waals surface area contributed by atoms with Crippen LogP contribution in [0.5, 0.6) is 0 Å². The molecule has 6 rings (SSSR count). The number of nitrogens with one attached hydrogen (secondary N) is 2. The molecule has 0 bridgehead atoms. The number of nitrogens with zero attached hydrogens (tertiary/aromatic N) is 4. The second kappa shape index (κ2) is 11.4. The van der Waals surface area contributed by atoms with Crippen molar-refractivity contribution in [3.05, 3.63) is 46.5 Å². The number of aliphatic hydroxyl groups is 1. The van der Waals surface area contributed by atoms with Gasteiger partial charge < -0.3 is 25.5 Å². The molecule has 0 spiro atoms. The molecule has 8 nitrogen and oxygen atoms in total. The molecule has 4 heterocycles. The van der Waals surface area contributed by atoms with Crippen molar-refractivity contribution in [1.29, 1.82) is 0 Å². The second-order valence-electron chi connectivity index (χ2n) is 10.4. The van der Waals surface area contributed by atoms with Gasteiger partial charge in [0, 0.05) is 66.5 Å². The largest absolute Gasteiger partial charge is 0.420 e. The van der Waals surface area contributed by atoms with Gasteiger partial charge in [-0.2, -0.15) is 13.2 Å². The van der Waals surface area contributed by atoms with E-state index in [0.717, 1.165) is 54.7 Å². The number of rotatable bonds is 7. The standard InChI is InChI=1S/C28H31F3N6O2S2/c1-2-16-11-19(36-8-7-32-17(14-36)15-38)5-6-21(16)34-27-33-13-20(28(29,30)31)24(35-27)22-12-23-25(41-22)26(39)37(9-10-40-23)18-3-4-18/h5-6,11-13,17-18,32,38H,2-4,7-10,14-15H2,1H3,(H,33,34,35)/t17-/m1/s1. The van der Waals surface area contributed by atoms with Crippen molar-refractivity contribution in [1.82, 2.24) is 20.2 Å². The van der Waals surface area contributed by atoms with Gasteiger partial charge in [-0.15, -0.1) is 23.1 Å². The Balaban J connectivity index is 1.31. The molecule has 3 N–H and O–H groups in total. The molecule has 0 radical (unpaired) electrons. The van der Waals surface area contributed by atoms with Crippen molar-refractivity contribution in [3.63, 3.8) is 0 Å². The van der Waals surface area contributed by atoms with Crippen LogP contribution in [0.4, 0.5) is 30.5 Å². The Hall–Kier alpha value is -2.87. The molecule has 13 heteroatoms. The van der Waals surface area contributed by atoms with Crippen LogP contribution in [-0.2, 0) is 12.6 Å². The van der Waals surface area contributed by atoms with Gasteiger partial charge in [0.2, 0.25) is 5.95 Å². The maximum absolute atomic E-state index is 14.1. The summed E-state index contributed by atoms with van der Waals surface area (Å²) in [5.74, 6) is 0.658. The van der Waals surface area contributed by atoms with E-state index in [4.69, 9.17) is 0 Å². The van der Waals surface area contributed by atoms with Crippen molar-refractivity contribution < 1.29 is 23.1 Å². The molecule has 1 aliphatic carbocycles. The molecule has 2 fully saturated rings. The van der Waals surface area contributed by atoms with Gasteiger partial charge in [0.05, 0.1) is 17.2 Å². The van der Waals surface area contributed by atoms with E-state index < -0.39 is 11.7 Å². The van der Waals surface area contributed by atoms with E-state index in [0.29, 0.717) is 45.6 Å². The summed E-state index contributed by atoms with van der Waals surface area (Å²) in [5.41, 5.74) is 1.54. The first kappa shape index (κ1) is 28.3. The highest BCUT2D eigenvalue weighted by Gasteiger charge is 2.39. The van der Waals surface area contributed by atoms with Crippen LogP contribution in [0.25, 0.3) is 10.6 Å². The monoisotopic (exact) mass is 604 g/mol. The SMILES string of the molecule is CCc1cc(N2CCN[C@@H](CO)C2)ccc1Nc1ncc(C(F)(F)F)c(-c2cc3c(s2)C(=O)N(C2CC2)CCS3)n1. The number of thiophene rings is 1. The van der Waals surface area contributed by atoms with Gasteiger partial charge in [-0.1, -0.05) is 6.92 Å². The molecule has 1 atom stereocenters. The maximum atomic E-state index is 14.1. The van der Waals surface area contributed by atoms with Crippen LogP contribution in [0.3, 0.4) is 0 Å². The molecule has 1 amide bonds. The number of hydrogen-bond donors (Lipinski definition) is 3. The average molecular weight is 605 g/mol. The van der Waals surface area contributed by atoms with Crippen molar-refractivity contribution in [2.24, 2.45) is 0 Å².